The van der Waals surface area contributed by atoms with E-state index in [1.807, 2.05) is 12.4 Å². The van der Waals surface area contributed by atoms with Crippen LogP contribution in [0.5, 0.6) is 5.75 Å². The second-order valence-electron chi connectivity index (χ2n) is 9.64. The number of carbonyl (C=O) groups is 1. The topological polar surface area (TPSA) is 98.9 Å². The first-order valence-electron chi connectivity index (χ1n) is 13.3. The lowest BCUT2D eigenvalue weighted by Gasteiger charge is -2.17. The summed E-state index contributed by atoms with van der Waals surface area (Å²) in [5, 5.41) is 13.3. The SMILES string of the molecule is CCCCCC1=C/N=C/NCCC(CCCOc2cc(F)c(C(=N)NC(=O)C(C)C)c(F)c2)CC/N=C\1. The minimum Gasteiger partial charge on any atom is -0.493 e. The fourth-order valence-electron chi connectivity index (χ4n) is 3.92. The number of amides is 1. The van der Waals surface area contributed by atoms with Crippen LogP contribution < -0.4 is 15.4 Å². The van der Waals surface area contributed by atoms with Crippen molar-refractivity contribution in [1.82, 2.24) is 10.6 Å². The Kier molecular flexibility index (Phi) is 13.5. The van der Waals surface area contributed by atoms with Gasteiger partial charge in [0.05, 0.1) is 18.5 Å². The molecule has 1 amide bonds. The van der Waals surface area contributed by atoms with Crippen LogP contribution in [0.2, 0.25) is 0 Å². The van der Waals surface area contributed by atoms with E-state index < -0.39 is 34.9 Å². The highest BCUT2D eigenvalue weighted by atomic mass is 19.1. The van der Waals surface area contributed by atoms with Gasteiger partial charge in [-0.1, -0.05) is 33.6 Å². The van der Waals surface area contributed by atoms with E-state index in [9.17, 15) is 13.6 Å². The maximum absolute atomic E-state index is 14.5. The van der Waals surface area contributed by atoms with Crippen molar-refractivity contribution in [2.75, 3.05) is 19.7 Å². The molecule has 2 rings (SSSR count). The van der Waals surface area contributed by atoms with Gasteiger partial charge in [-0.15, -0.1) is 0 Å². The Balaban J connectivity index is 1.85. The molecule has 0 fully saturated rings. The van der Waals surface area contributed by atoms with Crippen LogP contribution in [0.1, 0.15) is 77.7 Å². The standard InChI is InChI=1S/C28H41F2N5O2/c1-4-5-6-8-22-17-32-12-10-21(11-13-33-19-34-18-22)9-7-14-37-23-15-24(29)26(25(30)16-23)27(31)35-28(36)20(2)3/h15-21H,4-14H2,1-3H3,(H,33,34)(H2,31,35,36)/b22-18-,32-17-. The Morgan fingerprint density at radius 2 is 1.97 bits per heavy atom. The first-order valence-corrected chi connectivity index (χ1v) is 13.3. The van der Waals surface area contributed by atoms with Gasteiger partial charge in [-0.05, 0) is 50.0 Å². The lowest BCUT2D eigenvalue weighted by Crippen LogP contribution is -2.34. The molecule has 1 aromatic rings. The van der Waals surface area contributed by atoms with E-state index in [1.165, 1.54) is 12.8 Å². The van der Waals surface area contributed by atoms with Gasteiger partial charge < -0.3 is 15.4 Å². The van der Waals surface area contributed by atoms with Crippen molar-refractivity contribution in [2.45, 2.75) is 72.1 Å². The van der Waals surface area contributed by atoms with Crippen molar-refractivity contribution in [3.05, 3.63) is 41.1 Å². The lowest BCUT2D eigenvalue weighted by molar-refractivity contribution is -0.122. The predicted octanol–water partition coefficient (Wildman–Crippen LogP) is 5.78. The minimum atomic E-state index is -0.947. The Morgan fingerprint density at radius 3 is 2.68 bits per heavy atom. The zero-order chi connectivity index (χ0) is 27.0. The normalized spacial score (nSPS) is 19.5. The molecule has 0 saturated heterocycles. The number of nitrogens with zero attached hydrogens (tertiary/aromatic N) is 2. The van der Waals surface area contributed by atoms with Gasteiger partial charge in [0.25, 0.3) is 0 Å². The van der Waals surface area contributed by atoms with E-state index in [2.05, 4.69) is 27.5 Å². The van der Waals surface area contributed by atoms with Crippen molar-refractivity contribution in [2.24, 2.45) is 21.8 Å². The molecule has 37 heavy (non-hydrogen) atoms. The minimum absolute atomic E-state index is 0.0605. The predicted molar refractivity (Wildman–Crippen MR) is 146 cm³/mol. The largest absolute Gasteiger partial charge is 0.493 e. The molecule has 1 aromatic carbocycles. The van der Waals surface area contributed by atoms with Crippen LogP contribution in [0, 0.1) is 28.9 Å². The molecule has 3 N–H and O–H groups in total. The molecule has 7 nitrogen and oxygen atoms in total. The van der Waals surface area contributed by atoms with Crippen molar-refractivity contribution < 1.29 is 18.3 Å². The molecule has 1 atom stereocenters. The summed E-state index contributed by atoms with van der Waals surface area (Å²) >= 11 is 0. The third-order valence-corrected chi connectivity index (χ3v) is 6.16. The Morgan fingerprint density at radius 1 is 1.22 bits per heavy atom. The summed E-state index contributed by atoms with van der Waals surface area (Å²) in [6, 6.07) is 2.10. The summed E-state index contributed by atoms with van der Waals surface area (Å²) in [7, 11) is 0. The monoisotopic (exact) mass is 517 g/mol. The highest BCUT2D eigenvalue weighted by Gasteiger charge is 2.19. The first kappa shape index (κ1) is 30.1. The number of ether oxygens (including phenoxy) is 1. The zero-order valence-corrected chi connectivity index (χ0v) is 22.3. The number of hydrogen-bond donors (Lipinski definition) is 3. The molecule has 1 aliphatic rings. The van der Waals surface area contributed by atoms with E-state index in [0.29, 0.717) is 12.5 Å². The van der Waals surface area contributed by atoms with E-state index in [4.69, 9.17) is 10.1 Å². The maximum Gasteiger partial charge on any atom is 0.228 e. The zero-order valence-electron chi connectivity index (χ0n) is 22.3. The summed E-state index contributed by atoms with van der Waals surface area (Å²) in [4.78, 5) is 20.7. The second kappa shape index (κ2) is 16.6. The van der Waals surface area contributed by atoms with E-state index in [0.717, 1.165) is 69.3 Å². The molecule has 0 aliphatic carbocycles. The van der Waals surface area contributed by atoms with Gasteiger partial charge in [0.1, 0.15) is 23.2 Å². The van der Waals surface area contributed by atoms with Crippen LogP contribution in [0.15, 0.2) is 33.9 Å². The lowest BCUT2D eigenvalue weighted by atomic mass is 9.96. The number of rotatable bonds is 11. The molecule has 204 valence electrons. The van der Waals surface area contributed by atoms with Gasteiger partial charge in [0.15, 0.2) is 0 Å². The maximum atomic E-state index is 14.5. The van der Waals surface area contributed by atoms with E-state index in [1.54, 1.807) is 20.2 Å². The number of carbonyl (C=O) groups excluding carboxylic acids is 1. The van der Waals surface area contributed by atoms with Crippen LogP contribution in [0.4, 0.5) is 8.78 Å². The number of amidine groups is 1. The average Bonchev–Trinajstić information content (AvgIpc) is 2.83. The number of benzene rings is 1. The van der Waals surface area contributed by atoms with Gasteiger partial charge in [0, 0.05) is 43.6 Å². The number of halogens is 2. The van der Waals surface area contributed by atoms with Crippen LogP contribution in [-0.4, -0.2) is 44.0 Å². The summed E-state index contributed by atoms with van der Waals surface area (Å²) in [6.45, 7) is 7.34. The number of hydrogen-bond acceptors (Lipinski definition) is 6. The average molecular weight is 518 g/mol. The number of unbranched alkanes of at least 4 members (excludes halogenated alkanes) is 2. The highest BCUT2D eigenvalue weighted by Crippen LogP contribution is 2.22. The van der Waals surface area contributed by atoms with E-state index in [-0.39, 0.29) is 5.75 Å². The number of allylic oxidation sites excluding steroid dienone is 1. The molecular weight excluding hydrogens is 476 g/mol. The summed E-state index contributed by atoms with van der Waals surface area (Å²) < 4.78 is 34.6. The quantitative estimate of drug-likeness (QED) is 0.197. The number of nitrogens with one attached hydrogen (secondary N) is 3. The fraction of sp³-hybridized carbons (Fsp3) is 0.571. The summed E-state index contributed by atoms with van der Waals surface area (Å²) in [5.74, 6) is -2.88. The molecule has 0 saturated carbocycles. The summed E-state index contributed by atoms with van der Waals surface area (Å²) in [6.07, 6.45) is 13.6. The third-order valence-electron chi connectivity index (χ3n) is 6.16. The molecule has 1 heterocycles. The summed E-state index contributed by atoms with van der Waals surface area (Å²) in [5.41, 5.74) is 0.564. The van der Waals surface area contributed by atoms with Crippen molar-refractivity contribution in [3.63, 3.8) is 0 Å². The molecule has 9 heteroatoms. The van der Waals surface area contributed by atoms with Gasteiger partial charge in [0.2, 0.25) is 5.91 Å². The Labute approximate surface area is 219 Å². The van der Waals surface area contributed by atoms with Crippen LogP contribution in [0.25, 0.3) is 0 Å². The Bertz CT molecular complexity index is 952. The Hall–Kier alpha value is -3.10. The third kappa shape index (κ3) is 11.2. The molecule has 1 aliphatic heterocycles. The fourth-order valence-corrected chi connectivity index (χ4v) is 3.92. The first-order chi connectivity index (χ1) is 17.8. The van der Waals surface area contributed by atoms with Gasteiger partial charge >= 0.3 is 0 Å². The molecule has 0 spiro atoms. The van der Waals surface area contributed by atoms with Crippen LogP contribution in [0.3, 0.4) is 0 Å². The van der Waals surface area contributed by atoms with Crippen LogP contribution >= 0.6 is 0 Å². The highest BCUT2D eigenvalue weighted by molar-refractivity contribution is 6.06. The number of aliphatic imine (C=N–C) groups is 2. The molecule has 0 bridgehead atoms. The van der Waals surface area contributed by atoms with Crippen molar-refractivity contribution in [3.8, 4) is 5.75 Å². The molecule has 1 unspecified atom stereocenters. The van der Waals surface area contributed by atoms with Crippen LogP contribution in [-0.2, 0) is 4.79 Å². The van der Waals surface area contributed by atoms with Crippen molar-refractivity contribution >= 4 is 24.3 Å². The molecule has 0 radical (unpaired) electrons. The van der Waals surface area contributed by atoms with E-state index >= 15 is 0 Å². The molecular formula is C28H41F2N5O2. The van der Waals surface area contributed by atoms with Crippen molar-refractivity contribution in [1.29, 1.82) is 5.41 Å². The van der Waals surface area contributed by atoms with Gasteiger partial charge in [-0.2, -0.15) is 0 Å². The smallest absolute Gasteiger partial charge is 0.228 e. The van der Waals surface area contributed by atoms with Gasteiger partial charge in [-0.25, -0.2) is 13.8 Å². The second-order valence-corrected chi connectivity index (χ2v) is 9.64. The molecule has 0 aromatic heterocycles. The van der Waals surface area contributed by atoms with Gasteiger partial charge in [-0.3, -0.25) is 15.2 Å².